The van der Waals surface area contributed by atoms with Crippen LogP contribution in [0.4, 0.5) is 0 Å². The van der Waals surface area contributed by atoms with Crippen molar-refractivity contribution in [1.82, 2.24) is 4.72 Å². The monoisotopic (exact) mass is 753 g/mol. The maximum Gasteiger partial charge on any atom is 0.303 e. The third-order valence-corrected chi connectivity index (χ3v) is 9.86. The van der Waals surface area contributed by atoms with E-state index in [0.29, 0.717) is 25.9 Å². The Balaban J connectivity index is 1.29. The van der Waals surface area contributed by atoms with E-state index >= 15 is 0 Å². The first-order valence-corrected chi connectivity index (χ1v) is 19.1. The third-order valence-electron chi connectivity index (χ3n) is 8.45. The summed E-state index contributed by atoms with van der Waals surface area (Å²) in [6.07, 6.45) is -4.61. The number of carbonyl (C=O) groups is 4. The lowest BCUT2D eigenvalue weighted by Gasteiger charge is -2.43. The zero-order chi connectivity index (χ0) is 38.4. The SMILES string of the molecule is CC(=O)O[C@H]1[C@@H](OC(C)=O)[C@@H](C)O[C@@H](OCC(=O)CNS(=O)(=O)CCCCCOC(c2ccccc2)(c2ccccc2)c2ccccc2)[C@@H]1OC(C)=O. The molecule has 286 valence electrons. The Morgan fingerprint density at radius 3 is 1.64 bits per heavy atom. The van der Waals surface area contributed by atoms with E-state index in [4.69, 9.17) is 28.4 Å². The van der Waals surface area contributed by atoms with Crippen molar-refractivity contribution in [1.29, 1.82) is 0 Å². The standard InChI is InChI=1S/C39H47NO12S/c1-27-35(50-28(2)41)36(51-29(3)42)37(52-30(4)43)38(49-27)47-26-34(44)25-40-53(45,46)24-16-8-15-23-48-39(31-17-9-5-10-18-31,32-19-11-6-12-20-32)33-21-13-7-14-22-33/h5-7,9-14,17-22,27,35-38,40H,8,15-16,23-26H2,1-4H3/t27-,35+,36+,37-,38-/m1/s1. The number of Topliss-reactive ketones (excluding diaryl/α,β-unsaturated/α-hetero) is 1. The van der Waals surface area contributed by atoms with Crippen molar-refractivity contribution in [3.63, 3.8) is 0 Å². The largest absolute Gasteiger partial charge is 0.456 e. The molecule has 1 N–H and O–H groups in total. The summed E-state index contributed by atoms with van der Waals surface area (Å²) in [5, 5.41) is 0. The number of ether oxygens (including phenoxy) is 6. The van der Waals surface area contributed by atoms with Crippen molar-refractivity contribution in [3.05, 3.63) is 108 Å². The molecule has 5 atom stereocenters. The van der Waals surface area contributed by atoms with Gasteiger partial charge in [0.15, 0.2) is 30.4 Å². The van der Waals surface area contributed by atoms with Crippen LogP contribution in [0.3, 0.4) is 0 Å². The minimum Gasteiger partial charge on any atom is -0.456 e. The molecule has 1 fully saturated rings. The molecule has 0 amide bonds. The Labute approximate surface area is 310 Å². The summed E-state index contributed by atoms with van der Waals surface area (Å²) in [5.41, 5.74) is 2.04. The highest BCUT2D eigenvalue weighted by Gasteiger charge is 2.51. The van der Waals surface area contributed by atoms with Crippen LogP contribution >= 0.6 is 0 Å². The Bertz CT molecular complexity index is 1660. The van der Waals surface area contributed by atoms with Crippen molar-refractivity contribution in [2.24, 2.45) is 0 Å². The average molecular weight is 754 g/mol. The maximum absolute atomic E-state index is 12.8. The van der Waals surface area contributed by atoms with Gasteiger partial charge in [0.1, 0.15) is 12.2 Å². The van der Waals surface area contributed by atoms with Gasteiger partial charge in [-0.2, -0.15) is 0 Å². The van der Waals surface area contributed by atoms with Gasteiger partial charge in [0.05, 0.1) is 18.4 Å². The second-order valence-electron chi connectivity index (χ2n) is 12.6. The Morgan fingerprint density at radius 1 is 0.679 bits per heavy atom. The number of ketones is 1. The molecule has 1 aliphatic heterocycles. The molecule has 0 spiro atoms. The van der Waals surface area contributed by atoms with Crippen LogP contribution in [0, 0.1) is 0 Å². The maximum atomic E-state index is 12.8. The number of esters is 3. The molecule has 3 aromatic carbocycles. The van der Waals surface area contributed by atoms with Crippen LogP contribution < -0.4 is 4.72 Å². The summed E-state index contributed by atoms with van der Waals surface area (Å²) < 4.78 is 61.8. The van der Waals surface area contributed by atoms with E-state index in [-0.39, 0.29) is 5.75 Å². The van der Waals surface area contributed by atoms with Crippen LogP contribution in [0.15, 0.2) is 91.0 Å². The van der Waals surface area contributed by atoms with Crippen LogP contribution in [0.5, 0.6) is 0 Å². The van der Waals surface area contributed by atoms with Gasteiger partial charge in [-0.05, 0) is 36.5 Å². The van der Waals surface area contributed by atoms with E-state index in [1.807, 2.05) is 91.0 Å². The molecule has 0 aromatic heterocycles. The number of benzene rings is 3. The first-order chi connectivity index (χ1) is 25.3. The van der Waals surface area contributed by atoms with Crippen molar-refractivity contribution >= 4 is 33.7 Å². The third kappa shape index (κ3) is 11.8. The molecule has 0 aliphatic carbocycles. The van der Waals surface area contributed by atoms with Crippen LogP contribution in [0.25, 0.3) is 0 Å². The summed E-state index contributed by atoms with van der Waals surface area (Å²) in [6.45, 7) is 4.11. The number of hydrogen-bond acceptors (Lipinski definition) is 12. The summed E-state index contributed by atoms with van der Waals surface area (Å²) in [7, 11) is -3.81. The molecule has 1 saturated heterocycles. The quantitative estimate of drug-likeness (QED) is 0.0802. The molecule has 53 heavy (non-hydrogen) atoms. The van der Waals surface area contributed by atoms with Crippen molar-refractivity contribution < 1.29 is 56.0 Å². The topological polar surface area (TPSA) is 170 Å². The zero-order valence-corrected chi connectivity index (χ0v) is 31.1. The van der Waals surface area contributed by atoms with Gasteiger partial charge in [0, 0.05) is 27.4 Å². The normalized spacial score (nSPS) is 20.3. The van der Waals surface area contributed by atoms with Crippen LogP contribution in [-0.4, -0.2) is 88.3 Å². The fraction of sp³-hybridized carbons (Fsp3) is 0.436. The highest BCUT2D eigenvalue weighted by Crippen LogP contribution is 2.40. The molecule has 0 bridgehead atoms. The van der Waals surface area contributed by atoms with E-state index in [0.717, 1.165) is 37.5 Å². The number of rotatable bonds is 19. The molecule has 4 rings (SSSR count). The predicted octanol–water partition coefficient (Wildman–Crippen LogP) is 4.21. The van der Waals surface area contributed by atoms with Crippen molar-refractivity contribution in [3.8, 4) is 0 Å². The van der Waals surface area contributed by atoms with Crippen LogP contribution in [0.1, 0.15) is 63.6 Å². The number of sulfonamides is 1. The molecule has 0 unspecified atom stereocenters. The second kappa shape index (κ2) is 19.6. The van der Waals surface area contributed by atoms with Gasteiger partial charge in [-0.15, -0.1) is 0 Å². The lowest BCUT2D eigenvalue weighted by Crippen LogP contribution is -2.61. The van der Waals surface area contributed by atoms with Gasteiger partial charge in [0.2, 0.25) is 10.0 Å². The van der Waals surface area contributed by atoms with E-state index in [2.05, 4.69) is 4.72 Å². The van der Waals surface area contributed by atoms with E-state index in [9.17, 15) is 27.6 Å². The van der Waals surface area contributed by atoms with Gasteiger partial charge < -0.3 is 28.4 Å². The fourth-order valence-electron chi connectivity index (χ4n) is 6.16. The highest BCUT2D eigenvalue weighted by molar-refractivity contribution is 7.89. The molecule has 1 aliphatic rings. The zero-order valence-electron chi connectivity index (χ0n) is 30.3. The van der Waals surface area contributed by atoms with E-state index in [1.165, 1.54) is 6.92 Å². The molecule has 0 saturated carbocycles. The molecule has 1 heterocycles. The van der Waals surface area contributed by atoms with Gasteiger partial charge in [-0.3, -0.25) is 19.2 Å². The minimum absolute atomic E-state index is 0.207. The number of unbranched alkanes of at least 4 members (excludes halogenated alkanes) is 2. The van der Waals surface area contributed by atoms with Gasteiger partial charge in [0.25, 0.3) is 0 Å². The average Bonchev–Trinajstić information content (AvgIpc) is 3.13. The molecule has 0 radical (unpaired) electrons. The Kier molecular flexibility index (Phi) is 15.2. The fourth-order valence-corrected chi connectivity index (χ4v) is 7.27. The first-order valence-electron chi connectivity index (χ1n) is 17.4. The van der Waals surface area contributed by atoms with Crippen molar-refractivity contribution in [2.45, 2.75) is 83.3 Å². The second-order valence-corrected chi connectivity index (χ2v) is 14.5. The summed E-state index contributed by atoms with van der Waals surface area (Å²) >= 11 is 0. The van der Waals surface area contributed by atoms with Gasteiger partial charge in [-0.1, -0.05) is 97.4 Å². The summed E-state index contributed by atoms with van der Waals surface area (Å²) in [6, 6.07) is 29.9. The molecular formula is C39H47NO12S. The minimum atomic E-state index is -3.81. The number of carbonyl (C=O) groups excluding carboxylic acids is 4. The number of hydrogen-bond donors (Lipinski definition) is 1. The lowest BCUT2D eigenvalue weighted by atomic mass is 9.80. The molecule has 13 nitrogen and oxygen atoms in total. The first kappa shape index (κ1) is 41.3. The van der Waals surface area contributed by atoms with Gasteiger partial charge in [-0.25, -0.2) is 13.1 Å². The molecular weight excluding hydrogens is 706 g/mol. The highest BCUT2D eigenvalue weighted by atomic mass is 32.2. The Morgan fingerprint density at radius 2 is 1.15 bits per heavy atom. The molecule has 3 aromatic rings. The van der Waals surface area contributed by atoms with Gasteiger partial charge >= 0.3 is 17.9 Å². The lowest BCUT2D eigenvalue weighted by molar-refractivity contribution is -0.299. The predicted molar refractivity (Wildman–Crippen MR) is 193 cm³/mol. The van der Waals surface area contributed by atoms with Crippen LogP contribution in [0.2, 0.25) is 0 Å². The Hall–Kier alpha value is -4.47. The summed E-state index contributed by atoms with van der Waals surface area (Å²) in [5.74, 6) is -3.04. The van der Waals surface area contributed by atoms with Crippen LogP contribution in [-0.2, 0) is 63.2 Å². The van der Waals surface area contributed by atoms with E-state index in [1.54, 1.807) is 0 Å². The van der Waals surface area contributed by atoms with Crippen molar-refractivity contribution in [2.75, 3.05) is 25.5 Å². The van der Waals surface area contributed by atoms with E-state index < -0.39 is 83.2 Å². The number of nitrogens with one attached hydrogen (secondary N) is 1. The molecule has 14 heteroatoms. The smallest absolute Gasteiger partial charge is 0.303 e. The summed E-state index contributed by atoms with van der Waals surface area (Å²) in [4.78, 5) is 48.1.